The van der Waals surface area contributed by atoms with E-state index in [2.05, 4.69) is 6.58 Å². The molecular weight excluding hydrogens is 160 g/mol. The number of rotatable bonds is 2. The molecule has 0 unspecified atom stereocenters. The van der Waals surface area contributed by atoms with Crippen LogP contribution in [0.1, 0.15) is 20.8 Å². The first-order chi connectivity index (χ1) is 5.29. The molecule has 0 radical (unpaired) electrons. The Kier molecular flexibility index (Phi) is 7.78. The van der Waals surface area contributed by atoms with Gasteiger partial charge < -0.3 is 15.3 Å². The SMILES string of the molecule is C=C(C)C(=O)O.C[C@H](O)[C@H](C)O. The van der Waals surface area contributed by atoms with Gasteiger partial charge in [-0.05, 0) is 20.8 Å². The lowest BCUT2D eigenvalue weighted by Crippen LogP contribution is -2.17. The van der Waals surface area contributed by atoms with Crippen LogP contribution in [0.4, 0.5) is 0 Å². The lowest BCUT2D eigenvalue weighted by atomic mass is 10.3. The number of carbonyl (C=O) groups is 1. The van der Waals surface area contributed by atoms with Gasteiger partial charge in [-0.15, -0.1) is 0 Å². The van der Waals surface area contributed by atoms with Gasteiger partial charge in [-0.3, -0.25) is 0 Å². The van der Waals surface area contributed by atoms with E-state index in [1.807, 2.05) is 0 Å². The number of hydrogen-bond donors (Lipinski definition) is 3. The normalized spacial score (nSPS) is 13.8. The van der Waals surface area contributed by atoms with Gasteiger partial charge in [0.25, 0.3) is 0 Å². The number of aliphatic hydroxyl groups excluding tert-OH is 2. The highest BCUT2D eigenvalue weighted by atomic mass is 16.4. The molecule has 72 valence electrons. The number of hydrogen-bond acceptors (Lipinski definition) is 3. The van der Waals surface area contributed by atoms with Crippen molar-refractivity contribution in [3.05, 3.63) is 12.2 Å². The zero-order valence-electron chi connectivity index (χ0n) is 7.61. The van der Waals surface area contributed by atoms with E-state index in [4.69, 9.17) is 15.3 Å². The molecule has 0 saturated carbocycles. The van der Waals surface area contributed by atoms with E-state index in [-0.39, 0.29) is 5.57 Å². The van der Waals surface area contributed by atoms with Crippen molar-refractivity contribution in [2.75, 3.05) is 0 Å². The van der Waals surface area contributed by atoms with Crippen molar-refractivity contribution in [1.29, 1.82) is 0 Å². The number of aliphatic hydroxyl groups is 2. The van der Waals surface area contributed by atoms with E-state index in [0.29, 0.717) is 0 Å². The Morgan fingerprint density at radius 3 is 1.42 bits per heavy atom. The van der Waals surface area contributed by atoms with Gasteiger partial charge in [0.2, 0.25) is 0 Å². The molecule has 0 aliphatic carbocycles. The fourth-order valence-corrected chi connectivity index (χ4v) is 0. The highest BCUT2D eigenvalue weighted by molar-refractivity contribution is 5.84. The second kappa shape index (κ2) is 6.82. The summed E-state index contributed by atoms with van der Waals surface area (Å²) in [5.74, 6) is -0.935. The van der Waals surface area contributed by atoms with E-state index in [0.717, 1.165) is 0 Å². The minimum Gasteiger partial charge on any atom is -0.478 e. The number of aliphatic carboxylic acids is 1. The van der Waals surface area contributed by atoms with Gasteiger partial charge in [0.15, 0.2) is 0 Å². The van der Waals surface area contributed by atoms with Crippen LogP contribution in [0.15, 0.2) is 12.2 Å². The highest BCUT2D eigenvalue weighted by Gasteiger charge is 1.99. The van der Waals surface area contributed by atoms with Crippen LogP contribution in [0.5, 0.6) is 0 Å². The molecular formula is C8H16O4. The summed E-state index contributed by atoms with van der Waals surface area (Å²) in [7, 11) is 0. The Labute approximate surface area is 72.2 Å². The third-order valence-corrected chi connectivity index (χ3v) is 1.06. The molecule has 4 heteroatoms. The molecule has 0 aliphatic heterocycles. The minimum atomic E-state index is -0.935. The van der Waals surface area contributed by atoms with Crippen molar-refractivity contribution in [3.8, 4) is 0 Å². The second-order valence-corrected chi connectivity index (χ2v) is 2.57. The Balaban J connectivity index is 0. The number of carboxylic acid groups (broad SMARTS) is 1. The van der Waals surface area contributed by atoms with Gasteiger partial charge in [0.1, 0.15) is 0 Å². The first kappa shape index (κ1) is 13.7. The van der Waals surface area contributed by atoms with Gasteiger partial charge >= 0.3 is 5.97 Å². The predicted octanol–water partition coefficient (Wildman–Crippen LogP) is 0.395. The van der Waals surface area contributed by atoms with Crippen molar-refractivity contribution >= 4 is 5.97 Å². The molecule has 0 saturated heterocycles. The lowest BCUT2D eigenvalue weighted by Gasteiger charge is -2.03. The maximum absolute atomic E-state index is 9.60. The van der Waals surface area contributed by atoms with Gasteiger partial charge in [0.05, 0.1) is 12.2 Å². The van der Waals surface area contributed by atoms with Gasteiger partial charge in [-0.25, -0.2) is 4.79 Å². The van der Waals surface area contributed by atoms with E-state index in [9.17, 15) is 4.79 Å². The first-order valence-corrected chi connectivity index (χ1v) is 3.54. The van der Waals surface area contributed by atoms with Crippen LogP contribution >= 0.6 is 0 Å². The van der Waals surface area contributed by atoms with Crippen molar-refractivity contribution in [3.63, 3.8) is 0 Å². The molecule has 0 heterocycles. The molecule has 0 rings (SSSR count). The molecule has 3 N–H and O–H groups in total. The molecule has 0 aromatic carbocycles. The molecule has 0 aromatic rings. The molecule has 0 spiro atoms. The summed E-state index contributed by atoms with van der Waals surface area (Å²) in [4.78, 5) is 9.60. The lowest BCUT2D eigenvalue weighted by molar-refractivity contribution is -0.132. The zero-order chi connectivity index (χ0) is 10.3. The molecule has 0 bridgehead atoms. The molecule has 4 nitrogen and oxygen atoms in total. The monoisotopic (exact) mass is 176 g/mol. The minimum absolute atomic E-state index is 0.176. The van der Waals surface area contributed by atoms with Crippen LogP contribution in [0, 0.1) is 0 Å². The van der Waals surface area contributed by atoms with Crippen molar-refractivity contribution < 1.29 is 20.1 Å². The summed E-state index contributed by atoms with van der Waals surface area (Å²) in [6.07, 6.45) is -1.19. The van der Waals surface area contributed by atoms with E-state index < -0.39 is 18.2 Å². The Bertz CT molecular complexity index is 131. The fourth-order valence-electron chi connectivity index (χ4n) is 0. The van der Waals surface area contributed by atoms with Gasteiger partial charge in [-0.2, -0.15) is 0 Å². The zero-order valence-corrected chi connectivity index (χ0v) is 7.61. The summed E-state index contributed by atoms with van der Waals surface area (Å²) in [6, 6.07) is 0. The van der Waals surface area contributed by atoms with Gasteiger partial charge in [0, 0.05) is 5.57 Å². The van der Waals surface area contributed by atoms with Crippen molar-refractivity contribution in [2.24, 2.45) is 0 Å². The van der Waals surface area contributed by atoms with E-state index >= 15 is 0 Å². The third kappa shape index (κ3) is 11.9. The van der Waals surface area contributed by atoms with Crippen LogP contribution in [-0.4, -0.2) is 33.5 Å². The average Bonchev–Trinajstić information content (AvgIpc) is 1.88. The van der Waals surface area contributed by atoms with Gasteiger partial charge in [-0.1, -0.05) is 6.58 Å². The predicted molar refractivity (Wildman–Crippen MR) is 45.8 cm³/mol. The average molecular weight is 176 g/mol. The van der Waals surface area contributed by atoms with E-state index in [1.54, 1.807) is 13.8 Å². The Morgan fingerprint density at radius 2 is 1.42 bits per heavy atom. The number of carboxylic acids is 1. The van der Waals surface area contributed by atoms with Crippen LogP contribution in [-0.2, 0) is 4.79 Å². The molecule has 0 aliphatic rings. The third-order valence-electron chi connectivity index (χ3n) is 1.06. The molecule has 12 heavy (non-hydrogen) atoms. The Morgan fingerprint density at radius 1 is 1.25 bits per heavy atom. The molecule has 0 aromatic heterocycles. The summed E-state index contributed by atoms with van der Waals surface area (Å²) in [6.45, 7) is 7.69. The van der Waals surface area contributed by atoms with Crippen LogP contribution in [0.3, 0.4) is 0 Å². The maximum atomic E-state index is 9.60. The van der Waals surface area contributed by atoms with Crippen LogP contribution in [0.25, 0.3) is 0 Å². The molecule has 0 fully saturated rings. The van der Waals surface area contributed by atoms with Crippen molar-refractivity contribution in [2.45, 2.75) is 33.0 Å². The quantitative estimate of drug-likeness (QED) is 0.532. The second-order valence-electron chi connectivity index (χ2n) is 2.57. The van der Waals surface area contributed by atoms with Crippen molar-refractivity contribution in [1.82, 2.24) is 0 Å². The molecule has 2 atom stereocenters. The van der Waals surface area contributed by atoms with E-state index in [1.165, 1.54) is 6.92 Å². The largest absolute Gasteiger partial charge is 0.478 e. The summed E-state index contributed by atoms with van der Waals surface area (Å²) < 4.78 is 0. The molecule has 0 amide bonds. The summed E-state index contributed by atoms with van der Waals surface area (Å²) >= 11 is 0. The highest BCUT2D eigenvalue weighted by Crippen LogP contribution is 1.85. The Hall–Kier alpha value is -0.870. The van der Waals surface area contributed by atoms with Crippen LogP contribution < -0.4 is 0 Å². The first-order valence-electron chi connectivity index (χ1n) is 3.54. The smallest absolute Gasteiger partial charge is 0.330 e. The fraction of sp³-hybridized carbons (Fsp3) is 0.625. The summed E-state index contributed by atoms with van der Waals surface area (Å²) in [5.41, 5.74) is 0.176. The maximum Gasteiger partial charge on any atom is 0.330 e. The standard InChI is InChI=1S/C4H10O2.C4H6O2/c1-3(5)4(2)6;1-3(2)4(5)6/h3-6H,1-2H3;1H2,2H3,(H,5,6)/t3-,4-;/m0./s1. The van der Waals surface area contributed by atoms with Crippen LogP contribution in [0.2, 0.25) is 0 Å². The topological polar surface area (TPSA) is 77.8 Å². The summed E-state index contributed by atoms with van der Waals surface area (Å²) in [5, 5.41) is 24.7.